The Kier molecular flexibility index (Phi) is 4.24. The lowest BCUT2D eigenvalue weighted by Gasteiger charge is -2.24. The highest BCUT2D eigenvalue weighted by Gasteiger charge is 2.48. The maximum atomic E-state index is 12.4. The van der Waals surface area contributed by atoms with E-state index >= 15 is 0 Å². The summed E-state index contributed by atoms with van der Waals surface area (Å²) in [5.74, 6) is -0.833. The molecule has 1 atom stereocenters. The van der Waals surface area contributed by atoms with Gasteiger partial charge in [0.15, 0.2) is 9.84 Å². The fourth-order valence-corrected chi connectivity index (χ4v) is 3.65. The Morgan fingerprint density at radius 2 is 1.60 bits per heavy atom. The molecule has 0 aromatic heterocycles. The fraction of sp³-hybridized carbons (Fsp3) is 0.263. The SMILES string of the molecule is CC1(C)OC(=O)C(=Nc2ccccc2)C1c1ccc(S(C)(=O)=O)cc1. The molecule has 0 amide bonds. The summed E-state index contributed by atoms with van der Waals surface area (Å²) < 4.78 is 28.8. The Morgan fingerprint density at radius 1 is 1.00 bits per heavy atom. The smallest absolute Gasteiger partial charge is 0.354 e. The molecule has 1 heterocycles. The second-order valence-electron chi connectivity index (χ2n) is 6.60. The number of para-hydroxylation sites is 1. The van der Waals surface area contributed by atoms with Crippen LogP contribution in [0.2, 0.25) is 0 Å². The summed E-state index contributed by atoms with van der Waals surface area (Å²) in [6, 6.07) is 15.7. The third-order valence-electron chi connectivity index (χ3n) is 4.18. The van der Waals surface area contributed by atoms with Crippen molar-refractivity contribution < 1.29 is 17.9 Å². The molecule has 0 bridgehead atoms. The van der Waals surface area contributed by atoms with E-state index in [4.69, 9.17) is 4.74 Å². The van der Waals surface area contributed by atoms with Gasteiger partial charge in [0.05, 0.1) is 16.5 Å². The lowest BCUT2D eigenvalue weighted by Crippen LogP contribution is -2.28. The molecule has 0 spiro atoms. The molecule has 5 nitrogen and oxygen atoms in total. The van der Waals surface area contributed by atoms with Gasteiger partial charge < -0.3 is 4.74 Å². The molecule has 1 saturated heterocycles. The van der Waals surface area contributed by atoms with Gasteiger partial charge in [0.2, 0.25) is 0 Å². The molecule has 1 unspecified atom stereocenters. The van der Waals surface area contributed by atoms with Crippen molar-refractivity contribution in [1.29, 1.82) is 0 Å². The van der Waals surface area contributed by atoms with Crippen LogP contribution in [-0.2, 0) is 19.4 Å². The highest BCUT2D eigenvalue weighted by Crippen LogP contribution is 2.40. The average Bonchev–Trinajstić information content (AvgIpc) is 2.76. The van der Waals surface area contributed by atoms with Crippen molar-refractivity contribution in [1.82, 2.24) is 0 Å². The number of sulfone groups is 1. The van der Waals surface area contributed by atoms with E-state index in [0.717, 1.165) is 11.8 Å². The third kappa shape index (κ3) is 3.49. The number of carbonyl (C=O) groups is 1. The topological polar surface area (TPSA) is 72.8 Å². The van der Waals surface area contributed by atoms with Crippen molar-refractivity contribution in [3.05, 3.63) is 60.2 Å². The number of rotatable bonds is 3. The number of hydrogen-bond donors (Lipinski definition) is 0. The van der Waals surface area contributed by atoms with Gasteiger partial charge in [0, 0.05) is 6.26 Å². The Hall–Kier alpha value is -2.47. The van der Waals surface area contributed by atoms with Gasteiger partial charge in [0.1, 0.15) is 11.3 Å². The maximum Gasteiger partial charge on any atom is 0.354 e. The average molecular weight is 357 g/mol. The zero-order valence-electron chi connectivity index (χ0n) is 14.3. The van der Waals surface area contributed by atoms with Crippen molar-refractivity contribution in [2.75, 3.05) is 6.26 Å². The van der Waals surface area contributed by atoms with Crippen LogP contribution in [0.3, 0.4) is 0 Å². The zero-order valence-corrected chi connectivity index (χ0v) is 15.1. The fourth-order valence-electron chi connectivity index (χ4n) is 3.02. The predicted molar refractivity (Wildman–Crippen MR) is 96.0 cm³/mol. The van der Waals surface area contributed by atoms with Crippen LogP contribution < -0.4 is 0 Å². The molecule has 3 rings (SSSR count). The number of aliphatic imine (C=N–C) groups is 1. The highest BCUT2D eigenvalue weighted by atomic mass is 32.2. The van der Waals surface area contributed by atoms with E-state index < -0.39 is 21.4 Å². The minimum atomic E-state index is -3.27. The van der Waals surface area contributed by atoms with E-state index in [2.05, 4.69) is 4.99 Å². The van der Waals surface area contributed by atoms with Crippen LogP contribution in [0.15, 0.2) is 64.5 Å². The number of esters is 1. The number of benzene rings is 2. The number of cyclic esters (lactones) is 1. The van der Waals surface area contributed by atoms with Crippen LogP contribution in [0.25, 0.3) is 0 Å². The largest absolute Gasteiger partial charge is 0.454 e. The highest BCUT2D eigenvalue weighted by molar-refractivity contribution is 7.90. The molecular weight excluding hydrogens is 338 g/mol. The molecule has 25 heavy (non-hydrogen) atoms. The second kappa shape index (κ2) is 6.11. The first-order valence-electron chi connectivity index (χ1n) is 7.85. The van der Waals surface area contributed by atoms with E-state index in [1.807, 2.05) is 44.2 Å². The van der Waals surface area contributed by atoms with Crippen molar-refractivity contribution in [3.63, 3.8) is 0 Å². The van der Waals surface area contributed by atoms with E-state index in [0.29, 0.717) is 11.4 Å². The molecule has 2 aromatic rings. The predicted octanol–water partition coefficient (Wildman–Crippen LogP) is 3.28. The van der Waals surface area contributed by atoms with Crippen LogP contribution in [0.5, 0.6) is 0 Å². The van der Waals surface area contributed by atoms with Gasteiger partial charge >= 0.3 is 5.97 Å². The summed E-state index contributed by atoms with van der Waals surface area (Å²) >= 11 is 0. The molecule has 1 fully saturated rings. The number of ether oxygens (including phenoxy) is 1. The van der Waals surface area contributed by atoms with Crippen LogP contribution in [0, 0.1) is 0 Å². The lowest BCUT2D eigenvalue weighted by atomic mass is 9.83. The quantitative estimate of drug-likeness (QED) is 0.790. The normalized spacial score (nSPS) is 21.3. The molecule has 2 aromatic carbocycles. The Morgan fingerprint density at radius 3 is 2.16 bits per heavy atom. The Bertz CT molecular complexity index is 929. The van der Waals surface area contributed by atoms with Crippen molar-refractivity contribution >= 4 is 27.2 Å². The van der Waals surface area contributed by atoms with E-state index in [1.54, 1.807) is 24.3 Å². The number of nitrogens with zero attached hydrogens (tertiary/aromatic N) is 1. The van der Waals surface area contributed by atoms with Gasteiger partial charge in [-0.05, 0) is 43.7 Å². The second-order valence-corrected chi connectivity index (χ2v) is 8.62. The molecule has 0 aliphatic carbocycles. The van der Waals surface area contributed by atoms with Gasteiger partial charge in [-0.1, -0.05) is 30.3 Å². The molecule has 1 aliphatic heterocycles. The summed E-state index contributed by atoms with van der Waals surface area (Å²) in [5, 5.41) is 0. The minimum Gasteiger partial charge on any atom is -0.454 e. The molecule has 0 N–H and O–H groups in total. The number of carbonyl (C=O) groups excluding carboxylic acids is 1. The van der Waals surface area contributed by atoms with Crippen molar-refractivity contribution in [2.24, 2.45) is 4.99 Å². The summed E-state index contributed by atoms with van der Waals surface area (Å²) in [5.41, 5.74) is 1.02. The first kappa shape index (κ1) is 17.4. The molecule has 0 saturated carbocycles. The van der Waals surface area contributed by atoms with E-state index in [1.165, 1.54) is 0 Å². The lowest BCUT2D eigenvalue weighted by molar-refractivity contribution is -0.142. The summed E-state index contributed by atoms with van der Waals surface area (Å²) in [4.78, 5) is 17.1. The first-order valence-corrected chi connectivity index (χ1v) is 9.74. The molecule has 6 heteroatoms. The van der Waals surface area contributed by atoms with Crippen LogP contribution in [0.1, 0.15) is 25.3 Å². The van der Waals surface area contributed by atoms with E-state index in [-0.39, 0.29) is 10.8 Å². The number of hydrogen-bond acceptors (Lipinski definition) is 5. The maximum absolute atomic E-state index is 12.4. The van der Waals surface area contributed by atoms with Crippen LogP contribution in [-0.4, -0.2) is 32.0 Å². The molecule has 130 valence electrons. The van der Waals surface area contributed by atoms with Gasteiger partial charge in [-0.3, -0.25) is 0 Å². The van der Waals surface area contributed by atoms with Crippen LogP contribution >= 0.6 is 0 Å². The standard InChI is InChI=1S/C19H19NO4S/c1-19(2)16(13-9-11-15(12-10-13)25(3,22)23)17(18(21)24-19)20-14-7-5-4-6-8-14/h4-12,16H,1-3H3. The Balaban J connectivity index is 2.07. The molecule has 1 aliphatic rings. The van der Waals surface area contributed by atoms with Crippen LogP contribution in [0.4, 0.5) is 5.69 Å². The van der Waals surface area contributed by atoms with Gasteiger partial charge in [-0.15, -0.1) is 0 Å². The summed E-state index contributed by atoms with van der Waals surface area (Å²) in [6.45, 7) is 3.65. The summed E-state index contributed by atoms with van der Waals surface area (Å²) in [6.07, 6.45) is 1.16. The van der Waals surface area contributed by atoms with Gasteiger partial charge in [0.25, 0.3) is 0 Å². The van der Waals surface area contributed by atoms with E-state index in [9.17, 15) is 13.2 Å². The molecule has 0 radical (unpaired) electrons. The summed E-state index contributed by atoms with van der Waals surface area (Å²) in [7, 11) is -3.27. The van der Waals surface area contributed by atoms with Crippen molar-refractivity contribution in [3.8, 4) is 0 Å². The van der Waals surface area contributed by atoms with Crippen molar-refractivity contribution in [2.45, 2.75) is 30.3 Å². The Labute approximate surface area is 147 Å². The zero-order chi connectivity index (χ0) is 18.2. The van der Waals surface area contributed by atoms with Gasteiger partial charge in [-0.2, -0.15) is 0 Å². The monoisotopic (exact) mass is 357 g/mol. The first-order chi connectivity index (χ1) is 11.7. The minimum absolute atomic E-state index is 0.237. The van der Waals surface area contributed by atoms with Gasteiger partial charge in [-0.25, -0.2) is 18.2 Å². The third-order valence-corrected chi connectivity index (χ3v) is 5.31. The molecular formula is C19H19NO4S.